The van der Waals surface area contributed by atoms with E-state index in [9.17, 15) is 27.2 Å². The first-order valence-corrected chi connectivity index (χ1v) is 8.63. The number of halogens is 4. The highest BCUT2D eigenvalue weighted by atomic mass is 19.4. The fourth-order valence-corrected chi connectivity index (χ4v) is 2.31. The molecule has 0 aliphatic heterocycles. The molecule has 1 atom stereocenters. The summed E-state index contributed by atoms with van der Waals surface area (Å²) in [7, 11) is 0. The SMILES string of the molecule is C=C(CCNC(=O)c1ccc(C(F)(F)F)cn1)C(C)C(=O)Nc1ccc(F)cc1. The molecule has 2 amide bonds. The van der Waals surface area contributed by atoms with E-state index in [1.165, 1.54) is 24.3 Å². The van der Waals surface area contributed by atoms with Gasteiger partial charge >= 0.3 is 6.18 Å². The van der Waals surface area contributed by atoms with Crippen LogP contribution in [0.25, 0.3) is 0 Å². The summed E-state index contributed by atoms with van der Waals surface area (Å²) in [6, 6.07) is 7.08. The van der Waals surface area contributed by atoms with Crippen LogP contribution >= 0.6 is 0 Å². The smallest absolute Gasteiger partial charge is 0.350 e. The minimum atomic E-state index is -4.52. The fourth-order valence-electron chi connectivity index (χ4n) is 2.31. The molecule has 0 saturated heterocycles. The quantitative estimate of drug-likeness (QED) is 0.532. The van der Waals surface area contributed by atoms with Crippen molar-refractivity contribution in [1.29, 1.82) is 0 Å². The Morgan fingerprint density at radius 1 is 1.14 bits per heavy atom. The van der Waals surface area contributed by atoms with E-state index in [1.807, 2.05) is 0 Å². The third-order valence-electron chi connectivity index (χ3n) is 4.17. The van der Waals surface area contributed by atoms with E-state index < -0.39 is 29.4 Å². The highest BCUT2D eigenvalue weighted by Gasteiger charge is 2.30. The number of nitrogens with zero attached hydrogens (tertiary/aromatic N) is 1. The Labute approximate surface area is 164 Å². The van der Waals surface area contributed by atoms with Crippen LogP contribution in [0.2, 0.25) is 0 Å². The summed E-state index contributed by atoms with van der Waals surface area (Å²) in [5.41, 5.74) is -0.0999. The summed E-state index contributed by atoms with van der Waals surface area (Å²) >= 11 is 0. The number of hydrogen-bond acceptors (Lipinski definition) is 3. The summed E-state index contributed by atoms with van der Waals surface area (Å²) in [6.07, 6.45) is -3.65. The van der Waals surface area contributed by atoms with Crippen LogP contribution in [0.4, 0.5) is 23.2 Å². The van der Waals surface area contributed by atoms with Gasteiger partial charge in [0.1, 0.15) is 11.5 Å². The molecule has 154 valence electrons. The maximum atomic E-state index is 12.9. The maximum absolute atomic E-state index is 12.9. The van der Waals surface area contributed by atoms with Crippen LogP contribution in [0.5, 0.6) is 0 Å². The zero-order chi connectivity index (χ0) is 21.6. The Bertz CT molecular complexity index is 878. The molecule has 0 spiro atoms. The highest BCUT2D eigenvalue weighted by Crippen LogP contribution is 2.28. The largest absolute Gasteiger partial charge is 0.417 e. The number of anilines is 1. The van der Waals surface area contributed by atoms with Gasteiger partial charge in [0.05, 0.1) is 11.5 Å². The first-order chi connectivity index (χ1) is 13.6. The number of nitrogens with one attached hydrogen (secondary N) is 2. The van der Waals surface area contributed by atoms with Crippen molar-refractivity contribution in [2.45, 2.75) is 19.5 Å². The van der Waals surface area contributed by atoms with Gasteiger partial charge in [-0.15, -0.1) is 0 Å². The maximum Gasteiger partial charge on any atom is 0.417 e. The molecular formula is C20H19F4N3O2. The van der Waals surface area contributed by atoms with Crippen molar-refractivity contribution in [3.05, 3.63) is 71.8 Å². The third-order valence-corrected chi connectivity index (χ3v) is 4.17. The number of hydrogen-bond donors (Lipinski definition) is 2. The number of rotatable bonds is 7. The van der Waals surface area contributed by atoms with Gasteiger partial charge < -0.3 is 10.6 Å². The Hall–Kier alpha value is -3.23. The molecular weight excluding hydrogens is 390 g/mol. The van der Waals surface area contributed by atoms with E-state index in [0.717, 1.165) is 12.1 Å². The van der Waals surface area contributed by atoms with Gasteiger partial charge in [0, 0.05) is 18.4 Å². The predicted octanol–water partition coefficient (Wildman–Crippen LogP) is 4.19. The van der Waals surface area contributed by atoms with Gasteiger partial charge in [-0.3, -0.25) is 14.6 Å². The van der Waals surface area contributed by atoms with Crippen molar-refractivity contribution >= 4 is 17.5 Å². The number of amides is 2. The zero-order valence-corrected chi connectivity index (χ0v) is 15.5. The molecule has 0 radical (unpaired) electrons. The second-order valence-electron chi connectivity index (χ2n) is 6.31. The van der Waals surface area contributed by atoms with Gasteiger partial charge in [-0.05, 0) is 49.7 Å². The van der Waals surface area contributed by atoms with Crippen LogP contribution in [-0.2, 0) is 11.0 Å². The molecule has 1 aromatic heterocycles. The molecule has 2 rings (SSSR count). The number of aromatic nitrogens is 1. The molecule has 1 unspecified atom stereocenters. The molecule has 9 heteroatoms. The van der Waals surface area contributed by atoms with Gasteiger partial charge in [-0.25, -0.2) is 4.39 Å². The molecule has 1 heterocycles. The molecule has 2 aromatic rings. The van der Waals surface area contributed by atoms with E-state index in [1.54, 1.807) is 6.92 Å². The van der Waals surface area contributed by atoms with Crippen LogP contribution in [0.15, 0.2) is 54.7 Å². The summed E-state index contributed by atoms with van der Waals surface area (Å²) in [4.78, 5) is 27.7. The van der Waals surface area contributed by atoms with Gasteiger partial charge in [-0.2, -0.15) is 13.2 Å². The number of benzene rings is 1. The second kappa shape index (κ2) is 9.31. The third kappa shape index (κ3) is 6.41. The van der Waals surface area contributed by atoms with E-state index in [-0.39, 0.29) is 24.6 Å². The van der Waals surface area contributed by atoms with E-state index in [2.05, 4.69) is 22.2 Å². The summed E-state index contributed by atoms with van der Waals surface area (Å²) in [5, 5.41) is 5.16. The zero-order valence-electron chi connectivity index (χ0n) is 15.5. The van der Waals surface area contributed by atoms with Gasteiger partial charge in [-0.1, -0.05) is 12.2 Å². The van der Waals surface area contributed by atoms with Crippen LogP contribution in [0.1, 0.15) is 29.4 Å². The van der Waals surface area contributed by atoms with E-state index in [4.69, 9.17) is 0 Å². The molecule has 29 heavy (non-hydrogen) atoms. The molecule has 0 saturated carbocycles. The number of carbonyl (C=O) groups is 2. The van der Waals surface area contributed by atoms with Crippen molar-refractivity contribution in [2.75, 3.05) is 11.9 Å². The molecule has 0 fully saturated rings. The lowest BCUT2D eigenvalue weighted by molar-refractivity contribution is -0.137. The molecule has 0 aliphatic carbocycles. The van der Waals surface area contributed by atoms with Crippen LogP contribution in [0, 0.1) is 11.7 Å². The minimum absolute atomic E-state index is 0.133. The Kier molecular flexibility index (Phi) is 7.08. The van der Waals surface area contributed by atoms with Crippen molar-refractivity contribution < 1.29 is 27.2 Å². The van der Waals surface area contributed by atoms with Crippen molar-refractivity contribution in [3.63, 3.8) is 0 Å². The number of carbonyl (C=O) groups excluding carboxylic acids is 2. The number of alkyl halides is 3. The van der Waals surface area contributed by atoms with Crippen LogP contribution in [0.3, 0.4) is 0 Å². The lowest BCUT2D eigenvalue weighted by Crippen LogP contribution is -2.28. The Morgan fingerprint density at radius 3 is 2.34 bits per heavy atom. The van der Waals surface area contributed by atoms with Gasteiger partial charge in [0.25, 0.3) is 5.91 Å². The van der Waals surface area contributed by atoms with Crippen molar-refractivity contribution in [3.8, 4) is 0 Å². The Morgan fingerprint density at radius 2 is 1.79 bits per heavy atom. The topological polar surface area (TPSA) is 71.1 Å². The summed E-state index contributed by atoms with van der Waals surface area (Å²) in [6.45, 7) is 5.60. The lowest BCUT2D eigenvalue weighted by Gasteiger charge is -2.15. The van der Waals surface area contributed by atoms with Crippen molar-refractivity contribution in [1.82, 2.24) is 10.3 Å². The first kappa shape index (κ1) is 22.1. The number of pyridine rings is 1. The molecule has 0 aliphatic rings. The molecule has 1 aromatic carbocycles. The van der Waals surface area contributed by atoms with E-state index in [0.29, 0.717) is 17.5 Å². The molecule has 2 N–H and O–H groups in total. The summed E-state index contributed by atoms with van der Waals surface area (Å²) in [5.74, 6) is -1.95. The fraction of sp³-hybridized carbons (Fsp3) is 0.250. The summed E-state index contributed by atoms with van der Waals surface area (Å²) < 4.78 is 50.4. The molecule has 0 bridgehead atoms. The predicted molar refractivity (Wildman–Crippen MR) is 99.5 cm³/mol. The Balaban J connectivity index is 1.81. The van der Waals surface area contributed by atoms with Crippen molar-refractivity contribution in [2.24, 2.45) is 5.92 Å². The average Bonchev–Trinajstić information content (AvgIpc) is 2.68. The molecule has 5 nitrogen and oxygen atoms in total. The van der Waals surface area contributed by atoms with Gasteiger partial charge in [0.15, 0.2) is 0 Å². The lowest BCUT2D eigenvalue weighted by atomic mass is 9.99. The normalized spacial score (nSPS) is 12.2. The van der Waals surface area contributed by atoms with E-state index >= 15 is 0 Å². The van der Waals surface area contributed by atoms with Gasteiger partial charge in [0.2, 0.25) is 5.91 Å². The average molecular weight is 409 g/mol. The minimum Gasteiger partial charge on any atom is -0.350 e. The first-order valence-electron chi connectivity index (χ1n) is 8.63. The second-order valence-corrected chi connectivity index (χ2v) is 6.31. The van der Waals surface area contributed by atoms with Crippen LogP contribution < -0.4 is 10.6 Å². The standard InChI is InChI=1S/C20H19F4N3O2/c1-12(13(2)18(28)27-16-6-4-15(21)5-7-16)9-10-25-19(29)17-8-3-14(11-26-17)20(22,23)24/h3-8,11,13H,1,9-10H2,2H3,(H,25,29)(H,27,28). The van der Waals surface area contributed by atoms with Crippen LogP contribution in [-0.4, -0.2) is 23.3 Å². The monoisotopic (exact) mass is 409 g/mol. The highest BCUT2D eigenvalue weighted by molar-refractivity contribution is 5.94.